The number of hydrogen-bond acceptors (Lipinski definition) is 3. The molecule has 3 nitrogen and oxygen atoms in total. The number of thiazole rings is 1. The number of alkyl halides is 1. The first kappa shape index (κ1) is 8.61. The van der Waals surface area contributed by atoms with Gasteiger partial charge in [-0.3, -0.25) is 9.20 Å². The van der Waals surface area contributed by atoms with Gasteiger partial charge in [-0.1, -0.05) is 15.9 Å². The van der Waals surface area contributed by atoms with Crippen LogP contribution in [0.25, 0.3) is 4.96 Å². The maximum atomic E-state index is 11.9. The summed E-state index contributed by atoms with van der Waals surface area (Å²) in [6.45, 7) is 0. The maximum Gasteiger partial charge on any atom is 0.261 e. The minimum absolute atomic E-state index is 0.105. The van der Waals surface area contributed by atoms with Crippen molar-refractivity contribution < 1.29 is 0 Å². The molecular weight excluding hydrogens is 264 g/mol. The van der Waals surface area contributed by atoms with Crippen LogP contribution in [-0.4, -0.2) is 9.38 Å². The summed E-state index contributed by atoms with van der Waals surface area (Å²) in [6.07, 6.45) is 3.61. The van der Waals surface area contributed by atoms with Crippen molar-refractivity contribution in [3.05, 3.63) is 33.2 Å². The Labute approximate surface area is 92.5 Å². The van der Waals surface area contributed by atoms with Gasteiger partial charge < -0.3 is 0 Å². The van der Waals surface area contributed by atoms with Gasteiger partial charge in [-0.05, 0) is 12.8 Å². The summed E-state index contributed by atoms with van der Waals surface area (Å²) in [5.41, 5.74) is 1.92. The smallest absolute Gasteiger partial charge is 0.261 e. The third-order valence-electron chi connectivity index (χ3n) is 2.54. The molecule has 5 heteroatoms. The molecule has 14 heavy (non-hydrogen) atoms. The lowest BCUT2D eigenvalue weighted by atomic mass is 10.3. The Hall–Kier alpha value is -0.680. The molecule has 0 radical (unpaired) electrons. The Kier molecular flexibility index (Phi) is 1.79. The molecule has 1 atom stereocenters. The van der Waals surface area contributed by atoms with Crippen LogP contribution in [0.15, 0.2) is 16.4 Å². The first-order valence-corrected chi connectivity index (χ1v) is 6.19. The Morgan fingerprint density at radius 3 is 3.36 bits per heavy atom. The predicted octanol–water partition coefficient (Wildman–Crippen LogP) is 2.14. The van der Waals surface area contributed by atoms with Crippen LogP contribution in [0.5, 0.6) is 0 Å². The first-order chi connectivity index (χ1) is 6.77. The normalized spacial score (nSPS) is 20.2. The highest BCUT2D eigenvalue weighted by molar-refractivity contribution is 9.09. The molecular formula is C9H7BrN2OS. The highest BCUT2D eigenvalue weighted by atomic mass is 79.9. The van der Waals surface area contributed by atoms with E-state index in [1.807, 2.05) is 5.38 Å². The van der Waals surface area contributed by atoms with Crippen molar-refractivity contribution in [2.24, 2.45) is 0 Å². The molecule has 0 saturated carbocycles. The van der Waals surface area contributed by atoms with Crippen molar-refractivity contribution in [3.63, 3.8) is 0 Å². The van der Waals surface area contributed by atoms with Crippen LogP contribution in [-0.2, 0) is 6.42 Å². The number of hydrogen-bond donors (Lipinski definition) is 0. The summed E-state index contributed by atoms with van der Waals surface area (Å²) in [6, 6.07) is 0. The van der Waals surface area contributed by atoms with Gasteiger partial charge >= 0.3 is 0 Å². The number of aromatic nitrogens is 2. The van der Waals surface area contributed by atoms with Gasteiger partial charge in [0.05, 0.1) is 10.5 Å². The topological polar surface area (TPSA) is 34.4 Å². The van der Waals surface area contributed by atoms with Gasteiger partial charge in [0.1, 0.15) is 0 Å². The average Bonchev–Trinajstić information content (AvgIpc) is 2.75. The van der Waals surface area contributed by atoms with Gasteiger partial charge in [0.25, 0.3) is 5.56 Å². The molecule has 0 N–H and O–H groups in total. The fraction of sp³-hybridized carbons (Fsp3) is 0.333. The van der Waals surface area contributed by atoms with E-state index in [4.69, 9.17) is 0 Å². The molecule has 2 heterocycles. The molecule has 0 spiro atoms. The molecule has 0 amide bonds. The lowest BCUT2D eigenvalue weighted by molar-refractivity contribution is 0.891. The van der Waals surface area contributed by atoms with Crippen molar-refractivity contribution in [1.82, 2.24) is 9.38 Å². The lowest BCUT2D eigenvalue weighted by Gasteiger charge is -2.01. The number of nitrogens with zero attached hydrogens (tertiary/aromatic N) is 2. The maximum absolute atomic E-state index is 11.9. The second-order valence-corrected chi connectivity index (χ2v) is 5.32. The van der Waals surface area contributed by atoms with E-state index in [0.29, 0.717) is 0 Å². The molecule has 2 aromatic rings. The van der Waals surface area contributed by atoms with Crippen LogP contribution in [0.3, 0.4) is 0 Å². The van der Waals surface area contributed by atoms with Crippen LogP contribution in [0.1, 0.15) is 22.5 Å². The summed E-state index contributed by atoms with van der Waals surface area (Å²) in [4.78, 5) is 17.5. The highest BCUT2D eigenvalue weighted by Crippen LogP contribution is 2.34. The van der Waals surface area contributed by atoms with E-state index in [-0.39, 0.29) is 10.4 Å². The van der Waals surface area contributed by atoms with E-state index >= 15 is 0 Å². The van der Waals surface area contributed by atoms with Crippen molar-refractivity contribution in [1.29, 1.82) is 0 Å². The molecule has 2 aromatic heterocycles. The molecule has 0 aliphatic heterocycles. The molecule has 3 rings (SSSR count). The molecule has 0 bridgehead atoms. The first-order valence-electron chi connectivity index (χ1n) is 4.40. The van der Waals surface area contributed by atoms with Crippen LogP contribution in [0, 0.1) is 0 Å². The minimum Gasteiger partial charge on any atom is -0.269 e. The summed E-state index contributed by atoms with van der Waals surface area (Å²) in [5, 5.41) is 1.89. The lowest BCUT2D eigenvalue weighted by Crippen LogP contribution is -2.17. The second kappa shape index (κ2) is 2.90. The average molecular weight is 271 g/mol. The fourth-order valence-electron chi connectivity index (χ4n) is 1.83. The van der Waals surface area contributed by atoms with Gasteiger partial charge in [-0.15, -0.1) is 11.3 Å². The van der Waals surface area contributed by atoms with Gasteiger partial charge in [-0.25, -0.2) is 4.98 Å². The molecule has 0 saturated heterocycles. The van der Waals surface area contributed by atoms with Gasteiger partial charge in [-0.2, -0.15) is 0 Å². The Bertz CT molecular complexity index is 559. The molecule has 0 fully saturated rings. The predicted molar refractivity (Wildman–Crippen MR) is 59.3 cm³/mol. The standard InChI is InChI=1S/C9H7BrN2OS/c10-6-2-1-5-7(6)11-9-12(8(5)13)3-4-14-9/h3-4,6H,1-2H2/t6-/m0/s1. The van der Waals surface area contributed by atoms with Crippen LogP contribution >= 0.6 is 27.3 Å². The number of rotatable bonds is 0. The zero-order valence-electron chi connectivity index (χ0n) is 7.24. The van der Waals surface area contributed by atoms with Crippen LogP contribution in [0.2, 0.25) is 0 Å². The quantitative estimate of drug-likeness (QED) is 0.688. The molecule has 0 aromatic carbocycles. The second-order valence-electron chi connectivity index (χ2n) is 3.34. The molecule has 0 unspecified atom stereocenters. The van der Waals surface area contributed by atoms with E-state index in [9.17, 15) is 4.79 Å². The Morgan fingerprint density at radius 1 is 1.64 bits per heavy atom. The fourth-order valence-corrected chi connectivity index (χ4v) is 3.16. The van der Waals surface area contributed by atoms with Gasteiger partial charge in [0.2, 0.25) is 0 Å². The van der Waals surface area contributed by atoms with E-state index in [0.717, 1.165) is 29.1 Å². The van der Waals surface area contributed by atoms with Crippen molar-refractivity contribution in [2.75, 3.05) is 0 Å². The third-order valence-corrected chi connectivity index (χ3v) is 4.18. The largest absolute Gasteiger partial charge is 0.269 e. The van der Waals surface area contributed by atoms with Crippen LogP contribution in [0.4, 0.5) is 0 Å². The van der Waals surface area contributed by atoms with Crippen molar-refractivity contribution in [3.8, 4) is 0 Å². The Balaban J connectivity index is 2.47. The zero-order chi connectivity index (χ0) is 9.71. The van der Waals surface area contributed by atoms with Crippen molar-refractivity contribution >= 4 is 32.2 Å². The van der Waals surface area contributed by atoms with E-state index in [2.05, 4.69) is 20.9 Å². The third kappa shape index (κ3) is 1.02. The molecule has 1 aliphatic rings. The Morgan fingerprint density at radius 2 is 2.50 bits per heavy atom. The minimum atomic E-state index is 0.105. The molecule has 72 valence electrons. The number of fused-ring (bicyclic) bond motifs is 2. The summed E-state index contributed by atoms with van der Waals surface area (Å²) >= 11 is 5.04. The van der Waals surface area contributed by atoms with E-state index in [1.54, 1.807) is 10.6 Å². The summed E-state index contributed by atoms with van der Waals surface area (Å²) < 4.78 is 1.63. The monoisotopic (exact) mass is 270 g/mol. The SMILES string of the molecule is O=c1c2c(nc3sccn13)[C@@H](Br)CC2. The van der Waals surface area contributed by atoms with E-state index in [1.165, 1.54) is 11.3 Å². The summed E-state index contributed by atoms with van der Waals surface area (Å²) in [5.74, 6) is 0. The number of halogens is 1. The highest BCUT2D eigenvalue weighted by Gasteiger charge is 2.25. The van der Waals surface area contributed by atoms with E-state index < -0.39 is 0 Å². The summed E-state index contributed by atoms with van der Waals surface area (Å²) in [7, 11) is 0. The zero-order valence-corrected chi connectivity index (χ0v) is 9.64. The van der Waals surface area contributed by atoms with Crippen molar-refractivity contribution in [2.45, 2.75) is 17.7 Å². The van der Waals surface area contributed by atoms with Crippen LogP contribution < -0.4 is 5.56 Å². The van der Waals surface area contributed by atoms with Gasteiger partial charge in [0, 0.05) is 17.1 Å². The van der Waals surface area contributed by atoms with Gasteiger partial charge in [0.15, 0.2) is 4.96 Å². The molecule has 1 aliphatic carbocycles.